The van der Waals surface area contributed by atoms with Gasteiger partial charge in [0.25, 0.3) is 5.91 Å². The zero-order valence-electron chi connectivity index (χ0n) is 18.3. The Bertz CT molecular complexity index is 967. The highest BCUT2D eigenvalue weighted by atomic mass is 79.9. The number of nitrogens with zero attached hydrogens (tertiary/aromatic N) is 3. The molecule has 0 bridgehead atoms. The number of halogens is 1. The second-order valence-electron chi connectivity index (χ2n) is 8.72. The minimum atomic E-state index is -0.335. The fourth-order valence-corrected chi connectivity index (χ4v) is 4.99. The standard InChI is InChI=1S/C23H30BrN3O3/c1-5-6-9-27-21-16(8-7-15-12-19(29-4)18(24)13-17(15)21)20(25-27)22(28)26-10-11-30-14-23(26,2)3/h12-13H,5-11,14H2,1-4H3. The fraction of sp³-hybridized carbons (Fsp3) is 0.565. The molecule has 1 fully saturated rings. The molecule has 0 radical (unpaired) electrons. The number of benzene rings is 1. The molecule has 7 heteroatoms. The number of hydrogen-bond acceptors (Lipinski definition) is 4. The van der Waals surface area contributed by atoms with Gasteiger partial charge in [0.1, 0.15) is 5.75 Å². The van der Waals surface area contributed by atoms with E-state index in [-0.39, 0.29) is 11.4 Å². The molecule has 4 rings (SSSR count). The second kappa shape index (κ2) is 8.35. The number of morpholine rings is 1. The topological polar surface area (TPSA) is 56.6 Å². The van der Waals surface area contributed by atoms with Crippen molar-refractivity contribution in [1.29, 1.82) is 0 Å². The highest BCUT2D eigenvalue weighted by Gasteiger charge is 2.38. The zero-order valence-corrected chi connectivity index (χ0v) is 19.8. The molecule has 1 aliphatic heterocycles. The predicted molar refractivity (Wildman–Crippen MR) is 120 cm³/mol. The van der Waals surface area contributed by atoms with Gasteiger partial charge in [-0.15, -0.1) is 0 Å². The molecule has 0 saturated carbocycles. The number of aromatic nitrogens is 2. The fourth-order valence-electron chi connectivity index (χ4n) is 4.48. The van der Waals surface area contributed by atoms with Crippen LogP contribution in [0.3, 0.4) is 0 Å². The highest BCUT2D eigenvalue weighted by Crippen LogP contribution is 2.41. The quantitative estimate of drug-likeness (QED) is 0.639. The van der Waals surface area contributed by atoms with Crippen molar-refractivity contribution in [3.63, 3.8) is 0 Å². The van der Waals surface area contributed by atoms with Gasteiger partial charge in [0.05, 0.1) is 36.0 Å². The van der Waals surface area contributed by atoms with Crippen LogP contribution < -0.4 is 4.74 Å². The second-order valence-corrected chi connectivity index (χ2v) is 9.57. The number of amides is 1. The minimum Gasteiger partial charge on any atom is -0.496 e. The first-order valence-electron chi connectivity index (χ1n) is 10.7. The van der Waals surface area contributed by atoms with E-state index < -0.39 is 0 Å². The maximum absolute atomic E-state index is 13.6. The summed E-state index contributed by atoms with van der Waals surface area (Å²) < 4.78 is 14.1. The molecule has 1 amide bonds. The summed E-state index contributed by atoms with van der Waals surface area (Å²) in [6, 6.07) is 4.22. The number of carbonyl (C=O) groups excluding carboxylic acids is 1. The smallest absolute Gasteiger partial charge is 0.275 e. The lowest BCUT2D eigenvalue weighted by atomic mass is 9.88. The molecule has 0 spiro atoms. The SMILES string of the molecule is CCCCn1nc(C(=O)N2CCOCC2(C)C)c2c1-c1cc(Br)c(OC)cc1CC2. The van der Waals surface area contributed by atoms with Crippen LogP contribution in [0, 0.1) is 0 Å². The lowest BCUT2D eigenvalue weighted by molar-refractivity contribution is -0.0374. The first kappa shape index (κ1) is 21.4. The van der Waals surface area contributed by atoms with Gasteiger partial charge in [-0.1, -0.05) is 13.3 Å². The van der Waals surface area contributed by atoms with Gasteiger partial charge in [0.2, 0.25) is 0 Å². The summed E-state index contributed by atoms with van der Waals surface area (Å²) in [4.78, 5) is 15.6. The molecule has 2 aromatic rings. The van der Waals surface area contributed by atoms with Crippen molar-refractivity contribution in [2.45, 2.75) is 58.5 Å². The Morgan fingerprint density at radius 2 is 2.13 bits per heavy atom. The Labute approximate surface area is 186 Å². The number of hydrogen-bond donors (Lipinski definition) is 0. The molecule has 0 unspecified atom stereocenters. The summed E-state index contributed by atoms with van der Waals surface area (Å²) in [6.45, 7) is 8.82. The number of aryl methyl sites for hydroxylation is 2. The average molecular weight is 476 g/mol. The summed E-state index contributed by atoms with van der Waals surface area (Å²) in [5.74, 6) is 0.856. The monoisotopic (exact) mass is 475 g/mol. The Balaban J connectivity index is 1.82. The molecule has 1 aromatic carbocycles. The van der Waals surface area contributed by atoms with Gasteiger partial charge in [-0.3, -0.25) is 9.48 Å². The van der Waals surface area contributed by atoms with Crippen molar-refractivity contribution in [2.75, 3.05) is 26.9 Å². The van der Waals surface area contributed by atoms with Crippen LogP contribution in [0.5, 0.6) is 5.75 Å². The number of methoxy groups -OCH3 is 1. The van der Waals surface area contributed by atoms with Gasteiger partial charge in [0, 0.05) is 24.2 Å². The molecular formula is C23H30BrN3O3. The Morgan fingerprint density at radius 3 is 2.83 bits per heavy atom. The zero-order chi connectivity index (χ0) is 21.5. The van der Waals surface area contributed by atoms with Crippen molar-refractivity contribution >= 4 is 21.8 Å². The molecule has 1 aromatic heterocycles. The van der Waals surface area contributed by atoms with E-state index in [1.54, 1.807) is 7.11 Å². The summed E-state index contributed by atoms with van der Waals surface area (Å²) in [5, 5.41) is 4.88. The summed E-state index contributed by atoms with van der Waals surface area (Å²) >= 11 is 3.63. The summed E-state index contributed by atoms with van der Waals surface area (Å²) in [6.07, 6.45) is 3.79. The van der Waals surface area contributed by atoms with Crippen LogP contribution in [0.15, 0.2) is 16.6 Å². The molecule has 1 saturated heterocycles. The van der Waals surface area contributed by atoms with Gasteiger partial charge < -0.3 is 14.4 Å². The highest BCUT2D eigenvalue weighted by molar-refractivity contribution is 9.10. The lowest BCUT2D eigenvalue weighted by Gasteiger charge is -2.41. The molecule has 2 heterocycles. The van der Waals surface area contributed by atoms with Crippen molar-refractivity contribution in [3.8, 4) is 17.0 Å². The van der Waals surface area contributed by atoms with Crippen molar-refractivity contribution in [1.82, 2.24) is 14.7 Å². The van der Waals surface area contributed by atoms with E-state index in [0.717, 1.165) is 59.3 Å². The van der Waals surface area contributed by atoms with Gasteiger partial charge in [-0.2, -0.15) is 5.10 Å². The first-order chi connectivity index (χ1) is 14.4. The normalized spacial score (nSPS) is 17.4. The van der Waals surface area contributed by atoms with Gasteiger partial charge in [-0.05, 0) is 66.7 Å². The van der Waals surface area contributed by atoms with E-state index in [9.17, 15) is 4.79 Å². The van der Waals surface area contributed by atoms with Crippen LogP contribution in [0.25, 0.3) is 11.3 Å². The Hall–Kier alpha value is -1.86. The van der Waals surface area contributed by atoms with Gasteiger partial charge in [0.15, 0.2) is 5.69 Å². The van der Waals surface area contributed by atoms with Crippen LogP contribution in [0.2, 0.25) is 0 Å². The number of rotatable bonds is 5. The van der Waals surface area contributed by atoms with Gasteiger partial charge >= 0.3 is 0 Å². The Morgan fingerprint density at radius 1 is 1.33 bits per heavy atom. The third-order valence-corrected chi connectivity index (χ3v) is 6.76. The lowest BCUT2D eigenvalue weighted by Crippen LogP contribution is -2.55. The molecule has 162 valence electrons. The number of unbranched alkanes of at least 4 members (excludes halogenated alkanes) is 1. The third-order valence-electron chi connectivity index (χ3n) is 6.14. The first-order valence-corrected chi connectivity index (χ1v) is 11.5. The van der Waals surface area contributed by atoms with Crippen LogP contribution in [-0.4, -0.2) is 53.0 Å². The van der Waals surface area contributed by atoms with Crippen molar-refractivity contribution in [2.24, 2.45) is 0 Å². The molecule has 0 N–H and O–H groups in total. The maximum atomic E-state index is 13.6. The summed E-state index contributed by atoms with van der Waals surface area (Å²) in [5.41, 5.74) is 4.82. The van der Waals surface area contributed by atoms with E-state index in [1.165, 1.54) is 5.56 Å². The van der Waals surface area contributed by atoms with E-state index in [0.29, 0.717) is 25.5 Å². The van der Waals surface area contributed by atoms with Gasteiger partial charge in [-0.25, -0.2) is 0 Å². The average Bonchev–Trinajstić information content (AvgIpc) is 3.10. The van der Waals surface area contributed by atoms with Crippen molar-refractivity contribution in [3.05, 3.63) is 33.4 Å². The van der Waals surface area contributed by atoms with E-state index in [4.69, 9.17) is 14.6 Å². The molecule has 1 aliphatic carbocycles. The van der Waals surface area contributed by atoms with E-state index >= 15 is 0 Å². The molecule has 30 heavy (non-hydrogen) atoms. The van der Waals surface area contributed by atoms with Crippen LogP contribution in [0.4, 0.5) is 0 Å². The maximum Gasteiger partial charge on any atom is 0.275 e. The molecule has 2 aliphatic rings. The third kappa shape index (κ3) is 3.66. The predicted octanol–water partition coefficient (Wildman–Crippen LogP) is 4.47. The minimum absolute atomic E-state index is 0.0193. The summed E-state index contributed by atoms with van der Waals surface area (Å²) in [7, 11) is 1.69. The Kier molecular flexibility index (Phi) is 5.95. The number of ether oxygens (including phenoxy) is 2. The molecular weight excluding hydrogens is 446 g/mol. The van der Waals surface area contributed by atoms with E-state index in [1.807, 2.05) is 4.90 Å². The molecule has 0 atom stereocenters. The van der Waals surface area contributed by atoms with Crippen LogP contribution in [-0.2, 0) is 24.1 Å². The largest absolute Gasteiger partial charge is 0.496 e. The van der Waals surface area contributed by atoms with Crippen LogP contribution >= 0.6 is 15.9 Å². The van der Waals surface area contributed by atoms with E-state index in [2.05, 4.69) is 53.5 Å². The van der Waals surface area contributed by atoms with Crippen molar-refractivity contribution < 1.29 is 14.3 Å². The number of carbonyl (C=O) groups is 1. The van der Waals surface area contributed by atoms with Crippen LogP contribution in [0.1, 0.15) is 55.2 Å². The number of fused-ring (bicyclic) bond motifs is 3. The molecule has 6 nitrogen and oxygen atoms in total.